The molecule has 0 aliphatic rings. The van der Waals surface area contributed by atoms with Gasteiger partial charge in [0, 0.05) is 36.4 Å². The Kier molecular flexibility index (Phi) is 5.87. The van der Waals surface area contributed by atoms with Crippen LogP contribution < -0.4 is 14.8 Å². The van der Waals surface area contributed by atoms with Crippen molar-refractivity contribution in [3.05, 3.63) is 65.0 Å². The highest BCUT2D eigenvalue weighted by Gasteiger charge is 2.10. The van der Waals surface area contributed by atoms with E-state index in [4.69, 9.17) is 4.74 Å². The van der Waals surface area contributed by atoms with Crippen molar-refractivity contribution in [1.82, 2.24) is 15.0 Å². The number of halogens is 3. The second-order valence-corrected chi connectivity index (χ2v) is 5.95. The number of alkyl halides is 2. The van der Waals surface area contributed by atoms with Crippen molar-refractivity contribution in [2.24, 2.45) is 0 Å². The highest BCUT2D eigenvalue weighted by Crippen LogP contribution is 2.22. The number of pyridine rings is 1. The van der Waals surface area contributed by atoms with Gasteiger partial charge in [-0.05, 0) is 34.1 Å². The van der Waals surface area contributed by atoms with Crippen molar-refractivity contribution in [1.29, 1.82) is 0 Å². The van der Waals surface area contributed by atoms with Gasteiger partial charge in [-0.1, -0.05) is 6.07 Å². The smallest absolute Gasteiger partial charge is 0.388 e. The zero-order chi connectivity index (χ0) is 19.2. The summed E-state index contributed by atoms with van der Waals surface area (Å²) in [6.45, 7) is -2.98. The molecule has 0 aliphatic heterocycles. The molecule has 1 aromatic carbocycles. The van der Waals surface area contributed by atoms with Crippen LogP contribution in [0.1, 0.15) is 10.4 Å². The highest BCUT2D eigenvalue weighted by molar-refractivity contribution is 9.10. The Balaban J connectivity index is 1.66. The maximum atomic E-state index is 12.2. The minimum absolute atomic E-state index is 0.153. The lowest BCUT2D eigenvalue weighted by Crippen LogP contribution is -2.12. The van der Waals surface area contributed by atoms with E-state index in [1.54, 1.807) is 36.7 Å². The van der Waals surface area contributed by atoms with E-state index in [0.29, 0.717) is 11.4 Å². The number of rotatable bonds is 6. The van der Waals surface area contributed by atoms with Gasteiger partial charge in [-0.15, -0.1) is 0 Å². The highest BCUT2D eigenvalue weighted by atomic mass is 79.9. The first-order valence-corrected chi connectivity index (χ1v) is 8.26. The SMILES string of the molecule is O=C(Nc1cccc(Oc2ncc(Br)cn2)c1)c1ccc(OC(F)F)nc1. The van der Waals surface area contributed by atoms with Crippen molar-refractivity contribution in [2.45, 2.75) is 6.61 Å². The normalized spacial score (nSPS) is 10.5. The van der Waals surface area contributed by atoms with E-state index < -0.39 is 12.5 Å². The van der Waals surface area contributed by atoms with Gasteiger partial charge in [-0.3, -0.25) is 4.79 Å². The summed E-state index contributed by atoms with van der Waals surface area (Å²) in [4.78, 5) is 23.9. The fourth-order valence-corrected chi connectivity index (χ4v) is 2.18. The number of aromatic nitrogens is 3. The first-order chi connectivity index (χ1) is 13.0. The standard InChI is InChI=1S/C17H11BrF2N4O3/c18-11-8-22-17(23-9-11)26-13-3-1-2-12(6-13)24-15(25)10-4-5-14(21-7-10)27-16(19)20/h1-9,16H,(H,24,25). The molecule has 0 bridgehead atoms. The summed E-state index contributed by atoms with van der Waals surface area (Å²) in [5.74, 6) is -0.316. The third-order valence-corrected chi connectivity index (χ3v) is 3.52. The number of amides is 1. The quantitative estimate of drug-likeness (QED) is 0.620. The molecule has 3 rings (SSSR count). The molecule has 0 radical (unpaired) electrons. The summed E-state index contributed by atoms with van der Waals surface area (Å²) in [7, 11) is 0. The summed E-state index contributed by atoms with van der Waals surface area (Å²) >= 11 is 3.23. The molecule has 10 heteroatoms. The largest absolute Gasteiger partial charge is 0.424 e. The number of hydrogen-bond donors (Lipinski definition) is 1. The summed E-state index contributed by atoms with van der Waals surface area (Å²) in [5, 5.41) is 2.66. The molecule has 0 unspecified atom stereocenters. The number of benzene rings is 1. The summed E-state index contributed by atoms with van der Waals surface area (Å²) in [5.41, 5.74) is 0.640. The third-order valence-electron chi connectivity index (χ3n) is 3.11. The molecule has 0 atom stereocenters. The fourth-order valence-electron chi connectivity index (χ4n) is 1.97. The minimum atomic E-state index is -2.98. The van der Waals surface area contributed by atoms with E-state index in [-0.39, 0.29) is 17.5 Å². The molecule has 3 aromatic rings. The maximum absolute atomic E-state index is 12.2. The molecule has 0 aliphatic carbocycles. The molecule has 7 nitrogen and oxygen atoms in total. The van der Waals surface area contributed by atoms with E-state index in [2.05, 4.69) is 40.9 Å². The van der Waals surface area contributed by atoms with Crippen LogP contribution in [0.3, 0.4) is 0 Å². The van der Waals surface area contributed by atoms with E-state index in [9.17, 15) is 13.6 Å². The van der Waals surface area contributed by atoms with Crippen LogP contribution in [0.15, 0.2) is 59.5 Å². The number of carbonyl (C=O) groups is 1. The lowest BCUT2D eigenvalue weighted by atomic mass is 10.2. The van der Waals surface area contributed by atoms with Crippen molar-refractivity contribution < 1.29 is 23.0 Å². The number of carbonyl (C=O) groups excluding carboxylic acids is 1. The molecule has 138 valence electrons. The third kappa shape index (κ3) is 5.42. The number of nitrogens with zero attached hydrogens (tertiary/aromatic N) is 3. The Morgan fingerprint density at radius 2 is 1.85 bits per heavy atom. The lowest BCUT2D eigenvalue weighted by Gasteiger charge is -2.08. The first-order valence-electron chi connectivity index (χ1n) is 7.47. The van der Waals surface area contributed by atoms with Crippen molar-refractivity contribution in [3.8, 4) is 17.6 Å². The van der Waals surface area contributed by atoms with Crippen molar-refractivity contribution >= 4 is 27.5 Å². The number of hydrogen-bond acceptors (Lipinski definition) is 6. The van der Waals surface area contributed by atoms with Gasteiger partial charge in [0.15, 0.2) is 0 Å². The van der Waals surface area contributed by atoms with Crippen LogP contribution in [0.5, 0.6) is 17.6 Å². The maximum Gasteiger partial charge on any atom is 0.388 e. The molecule has 2 aromatic heterocycles. The van der Waals surface area contributed by atoms with Gasteiger partial charge in [0.1, 0.15) is 5.75 Å². The first kappa shape index (κ1) is 18.6. The monoisotopic (exact) mass is 436 g/mol. The lowest BCUT2D eigenvalue weighted by molar-refractivity contribution is -0.0528. The average molecular weight is 437 g/mol. The van der Waals surface area contributed by atoms with Gasteiger partial charge in [0.05, 0.1) is 10.0 Å². The Morgan fingerprint density at radius 1 is 1.07 bits per heavy atom. The molecule has 0 saturated carbocycles. The average Bonchev–Trinajstić information content (AvgIpc) is 2.64. The summed E-state index contributed by atoms with van der Waals surface area (Å²) in [6.07, 6.45) is 4.23. The second kappa shape index (κ2) is 8.49. The van der Waals surface area contributed by atoms with Gasteiger partial charge in [0.25, 0.3) is 5.91 Å². The van der Waals surface area contributed by atoms with E-state index in [1.807, 2.05) is 0 Å². The van der Waals surface area contributed by atoms with Crippen LogP contribution in [-0.4, -0.2) is 27.5 Å². The molecule has 0 fully saturated rings. The Labute approximate surface area is 160 Å². The molecular formula is C17H11BrF2N4O3. The van der Waals surface area contributed by atoms with Crippen LogP contribution in [0, 0.1) is 0 Å². The minimum Gasteiger partial charge on any atom is -0.424 e. The van der Waals surface area contributed by atoms with E-state index in [0.717, 1.165) is 10.7 Å². The molecule has 1 N–H and O–H groups in total. The zero-order valence-electron chi connectivity index (χ0n) is 13.5. The van der Waals surface area contributed by atoms with Crippen LogP contribution in [0.4, 0.5) is 14.5 Å². The van der Waals surface area contributed by atoms with Crippen LogP contribution >= 0.6 is 15.9 Å². The molecule has 1 amide bonds. The van der Waals surface area contributed by atoms with Crippen molar-refractivity contribution in [2.75, 3.05) is 5.32 Å². The van der Waals surface area contributed by atoms with E-state index in [1.165, 1.54) is 12.1 Å². The van der Waals surface area contributed by atoms with Crippen LogP contribution in [0.25, 0.3) is 0 Å². The predicted octanol–water partition coefficient (Wildman–Crippen LogP) is 4.28. The molecular weight excluding hydrogens is 426 g/mol. The van der Waals surface area contributed by atoms with E-state index >= 15 is 0 Å². The topological polar surface area (TPSA) is 86.2 Å². The Hall–Kier alpha value is -3.14. The zero-order valence-corrected chi connectivity index (χ0v) is 15.1. The van der Waals surface area contributed by atoms with Gasteiger partial charge < -0.3 is 14.8 Å². The van der Waals surface area contributed by atoms with Gasteiger partial charge in [-0.2, -0.15) is 8.78 Å². The van der Waals surface area contributed by atoms with Gasteiger partial charge in [0.2, 0.25) is 5.88 Å². The fraction of sp³-hybridized carbons (Fsp3) is 0.0588. The van der Waals surface area contributed by atoms with Gasteiger partial charge >= 0.3 is 12.6 Å². The number of nitrogens with one attached hydrogen (secondary N) is 1. The van der Waals surface area contributed by atoms with Crippen LogP contribution in [-0.2, 0) is 0 Å². The Bertz CT molecular complexity index is 924. The number of ether oxygens (including phenoxy) is 2. The van der Waals surface area contributed by atoms with Gasteiger partial charge in [-0.25, -0.2) is 15.0 Å². The summed E-state index contributed by atoms with van der Waals surface area (Å²) in [6, 6.07) is 9.28. The summed E-state index contributed by atoms with van der Waals surface area (Å²) < 4.78 is 34.6. The predicted molar refractivity (Wildman–Crippen MR) is 95.1 cm³/mol. The van der Waals surface area contributed by atoms with Crippen molar-refractivity contribution in [3.63, 3.8) is 0 Å². The second-order valence-electron chi connectivity index (χ2n) is 5.03. The molecule has 0 spiro atoms. The molecule has 0 saturated heterocycles. The van der Waals surface area contributed by atoms with Crippen LogP contribution in [0.2, 0.25) is 0 Å². The molecule has 2 heterocycles. The molecule has 27 heavy (non-hydrogen) atoms. The Morgan fingerprint density at radius 3 is 2.52 bits per heavy atom. The number of anilines is 1.